The predicted molar refractivity (Wildman–Crippen MR) is 117 cm³/mol. The van der Waals surface area contributed by atoms with Gasteiger partial charge in [-0.25, -0.2) is 4.98 Å². The highest BCUT2D eigenvalue weighted by Gasteiger charge is 2.30. The maximum Gasteiger partial charge on any atom is 0.262 e. The number of carbonyl (C=O) groups is 1. The van der Waals surface area contributed by atoms with Gasteiger partial charge in [0.2, 0.25) is 5.91 Å². The van der Waals surface area contributed by atoms with Crippen molar-refractivity contribution in [3.8, 4) is 0 Å². The molecule has 1 saturated carbocycles. The van der Waals surface area contributed by atoms with E-state index < -0.39 is 5.25 Å². The van der Waals surface area contributed by atoms with E-state index in [1.165, 1.54) is 11.8 Å². The van der Waals surface area contributed by atoms with Crippen LogP contribution in [-0.4, -0.2) is 21.5 Å². The molecule has 2 atom stereocenters. The fourth-order valence-corrected chi connectivity index (χ4v) is 4.50. The van der Waals surface area contributed by atoms with Gasteiger partial charge in [-0.15, -0.1) is 0 Å². The maximum absolute atomic E-state index is 13.2. The highest BCUT2D eigenvalue weighted by molar-refractivity contribution is 8.00. The molecular weight excluding hydrogens is 382 g/mol. The molecule has 0 radical (unpaired) electrons. The Kier molecular flexibility index (Phi) is 5.72. The normalized spacial score (nSPS) is 15.8. The van der Waals surface area contributed by atoms with Crippen LogP contribution in [0.5, 0.6) is 0 Å². The summed E-state index contributed by atoms with van der Waals surface area (Å²) in [4.78, 5) is 31.1. The van der Waals surface area contributed by atoms with E-state index in [2.05, 4.69) is 12.2 Å². The number of carbonyl (C=O) groups excluding carboxylic acids is 1. The number of thioether (sulfide) groups is 1. The van der Waals surface area contributed by atoms with Crippen molar-refractivity contribution in [3.05, 3.63) is 70.5 Å². The fourth-order valence-electron chi connectivity index (χ4n) is 3.29. The zero-order valence-corrected chi connectivity index (χ0v) is 17.5. The SMILES string of the molecule is CC[C@H](C)n1c(S[C@H](C(=O)NC2CC2)c2ccccc2)nc2ccccc2c1=O. The van der Waals surface area contributed by atoms with E-state index in [-0.39, 0.29) is 23.6 Å². The maximum atomic E-state index is 13.2. The Hall–Kier alpha value is -2.60. The minimum absolute atomic E-state index is 0.00924. The van der Waals surface area contributed by atoms with E-state index in [1.54, 1.807) is 4.57 Å². The monoisotopic (exact) mass is 407 g/mol. The molecule has 0 saturated heterocycles. The van der Waals surface area contributed by atoms with Crippen LogP contribution in [0, 0.1) is 0 Å². The molecule has 1 aromatic heterocycles. The first-order chi connectivity index (χ1) is 14.1. The first-order valence-corrected chi connectivity index (χ1v) is 11.0. The average molecular weight is 408 g/mol. The van der Waals surface area contributed by atoms with Gasteiger partial charge in [-0.05, 0) is 43.9 Å². The first kappa shape index (κ1) is 19.7. The number of hydrogen-bond donors (Lipinski definition) is 1. The zero-order valence-electron chi connectivity index (χ0n) is 16.7. The van der Waals surface area contributed by atoms with Crippen molar-refractivity contribution in [2.24, 2.45) is 0 Å². The van der Waals surface area contributed by atoms with Gasteiger partial charge in [0.15, 0.2) is 5.16 Å². The number of aromatic nitrogens is 2. The van der Waals surface area contributed by atoms with Gasteiger partial charge in [-0.3, -0.25) is 14.2 Å². The fraction of sp³-hybridized carbons (Fsp3) is 0.348. The molecule has 29 heavy (non-hydrogen) atoms. The summed E-state index contributed by atoms with van der Waals surface area (Å²) in [6, 6.07) is 17.4. The van der Waals surface area contributed by atoms with Crippen LogP contribution >= 0.6 is 11.8 Å². The topological polar surface area (TPSA) is 64.0 Å². The van der Waals surface area contributed by atoms with E-state index in [1.807, 2.05) is 61.5 Å². The number of nitrogens with zero attached hydrogens (tertiary/aromatic N) is 2. The largest absolute Gasteiger partial charge is 0.352 e. The molecule has 4 rings (SSSR count). The molecule has 5 nitrogen and oxygen atoms in total. The number of fused-ring (bicyclic) bond motifs is 1. The molecule has 2 aromatic carbocycles. The lowest BCUT2D eigenvalue weighted by atomic mass is 10.1. The number of rotatable bonds is 7. The van der Waals surface area contributed by atoms with Gasteiger partial charge in [0.25, 0.3) is 5.56 Å². The minimum Gasteiger partial charge on any atom is -0.352 e. The van der Waals surface area contributed by atoms with Crippen LogP contribution in [0.4, 0.5) is 0 Å². The quantitative estimate of drug-likeness (QED) is 0.463. The molecule has 1 fully saturated rings. The predicted octanol–water partition coefficient (Wildman–Crippen LogP) is 4.48. The Labute approximate surface area is 174 Å². The summed E-state index contributed by atoms with van der Waals surface area (Å²) in [5.74, 6) is -0.0261. The highest BCUT2D eigenvalue weighted by Crippen LogP contribution is 2.36. The summed E-state index contributed by atoms with van der Waals surface area (Å²) in [6.45, 7) is 4.07. The summed E-state index contributed by atoms with van der Waals surface area (Å²) in [6.07, 6.45) is 2.87. The molecule has 1 N–H and O–H groups in total. The van der Waals surface area contributed by atoms with Crippen LogP contribution in [-0.2, 0) is 4.79 Å². The molecule has 1 aliphatic carbocycles. The van der Waals surface area contributed by atoms with Gasteiger partial charge in [0, 0.05) is 12.1 Å². The summed E-state index contributed by atoms with van der Waals surface area (Å²) in [5, 5.41) is 3.85. The molecule has 0 spiro atoms. The van der Waals surface area contributed by atoms with Crippen molar-refractivity contribution in [1.29, 1.82) is 0 Å². The Balaban J connectivity index is 1.80. The Morgan fingerprint density at radius 3 is 2.55 bits per heavy atom. The number of para-hydroxylation sites is 1. The molecule has 6 heteroatoms. The van der Waals surface area contributed by atoms with Gasteiger partial charge in [0.1, 0.15) is 5.25 Å². The van der Waals surface area contributed by atoms with Crippen molar-refractivity contribution in [3.63, 3.8) is 0 Å². The Bertz CT molecular complexity index is 1080. The lowest BCUT2D eigenvalue weighted by molar-refractivity contribution is -0.120. The average Bonchev–Trinajstić information content (AvgIpc) is 3.56. The number of hydrogen-bond acceptors (Lipinski definition) is 4. The third kappa shape index (κ3) is 4.22. The third-order valence-electron chi connectivity index (χ3n) is 5.29. The second kappa shape index (κ2) is 8.41. The molecule has 1 heterocycles. The van der Waals surface area contributed by atoms with Gasteiger partial charge in [-0.2, -0.15) is 0 Å². The Morgan fingerprint density at radius 2 is 1.86 bits per heavy atom. The van der Waals surface area contributed by atoms with Gasteiger partial charge in [-0.1, -0.05) is 61.2 Å². The number of benzene rings is 2. The van der Waals surface area contributed by atoms with Gasteiger partial charge >= 0.3 is 0 Å². The van der Waals surface area contributed by atoms with Crippen molar-refractivity contribution in [2.75, 3.05) is 0 Å². The lowest BCUT2D eigenvalue weighted by Gasteiger charge is -2.22. The van der Waals surface area contributed by atoms with E-state index in [4.69, 9.17) is 4.98 Å². The molecule has 0 bridgehead atoms. The van der Waals surface area contributed by atoms with Crippen LogP contribution in [0.2, 0.25) is 0 Å². The molecular formula is C23H25N3O2S. The number of amides is 1. The molecule has 0 unspecified atom stereocenters. The van der Waals surface area contributed by atoms with Crippen LogP contribution in [0.25, 0.3) is 10.9 Å². The summed E-state index contributed by atoms with van der Waals surface area (Å²) in [5.41, 5.74) is 1.52. The van der Waals surface area contributed by atoms with Crippen molar-refractivity contribution < 1.29 is 4.79 Å². The van der Waals surface area contributed by atoms with E-state index in [9.17, 15) is 9.59 Å². The zero-order chi connectivity index (χ0) is 20.4. The third-order valence-corrected chi connectivity index (χ3v) is 6.52. The van der Waals surface area contributed by atoms with E-state index in [0.29, 0.717) is 16.1 Å². The summed E-state index contributed by atoms with van der Waals surface area (Å²) < 4.78 is 1.74. The van der Waals surface area contributed by atoms with Crippen LogP contribution < -0.4 is 10.9 Å². The van der Waals surface area contributed by atoms with Crippen LogP contribution in [0.1, 0.15) is 50.0 Å². The standard InChI is InChI=1S/C23H25N3O2S/c1-3-15(2)26-22(28)18-11-7-8-12-19(18)25-23(26)29-20(16-9-5-4-6-10-16)21(27)24-17-13-14-17/h4-12,15,17,20H,3,13-14H2,1-2H3,(H,24,27)/t15-,20-/m0/s1. The van der Waals surface area contributed by atoms with Crippen LogP contribution in [0.3, 0.4) is 0 Å². The van der Waals surface area contributed by atoms with E-state index >= 15 is 0 Å². The molecule has 1 amide bonds. The summed E-state index contributed by atoms with van der Waals surface area (Å²) in [7, 11) is 0. The molecule has 1 aliphatic rings. The Morgan fingerprint density at radius 1 is 1.17 bits per heavy atom. The molecule has 150 valence electrons. The van der Waals surface area contributed by atoms with Gasteiger partial charge < -0.3 is 5.32 Å². The lowest BCUT2D eigenvalue weighted by Crippen LogP contribution is -2.31. The minimum atomic E-state index is -0.458. The van der Waals surface area contributed by atoms with E-state index in [0.717, 1.165) is 24.8 Å². The van der Waals surface area contributed by atoms with Crippen molar-refractivity contribution >= 4 is 28.6 Å². The second-order valence-corrected chi connectivity index (χ2v) is 8.61. The highest BCUT2D eigenvalue weighted by atomic mass is 32.2. The van der Waals surface area contributed by atoms with Crippen molar-refractivity contribution in [1.82, 2.24) is 14.9 Å². The second-order valence-electron chi connectivity index (χ2n) is 7.54. The smallest absolute Gasteiger partial charge is 0.262 e. The first-order valence-electron chi connectivity index (χ1n) is 10.1. The van der Waals surface area contributed by atoms with Crippen LogP contribution in [0.15, 0.2) is 64.5 Å². The number of nitrogens with one attached hydrogen (secondary N) is 1. The van der Waals surface area contributed by atoms with Crippen molar-refractivity contribution in [2.45, 2.75) is 55.6 Å². The van der Waals surface area contributed by atoms with Gasteiger partial charge in [0.05, 0.1) is 10.9 Å². The summed E-state index contributed by atoms with van der Waals surface area (Å²) >= 11 is 1.36. The molecule has 0 aliphatic heterocycles. The molecule has 3 aromatic rings.